The number of hydrogen-bond donors (Lipinski definition) is 1. The van der Waals surface area contributed by atoms with Crippen molar-refractivity contribution in [2.45, 2.75) is 6.92 Å². The van der Waals surface area contributed by atoms with Gasteiger partial charge in [0.1, 0.15) is 11.6 Å². The predicted octanol–water partition coefficient (Wildman–Crippen LogP) is 3.07. The standard InChI is InChI=1S/C15H17N3O2/c1-11-4-9-14(16-10-11)18(2)15(19)17-12-5-7-13(20-3)8-6-12/h4-10H,1-3H3,(H,17,19). The van der Waals surface area contributed by atoms with Crippen LogP contribution in [0.4, 0.5) is 16.3 Å². The molecule has 0 radical (unpaired) electrons. The number of benzene rings is 1. The summed E-state index contributed by atoms with van der Waals surface area (Å²) in [5, 5.41) is 2.80. The van der Waals surface area contributed by atoms with Gasteiger partial charge in [-0.2, -0.15) is 0 Å². The van der Waals surface area contributed by atoms with Crippen LogP contribution >= 0.6 is 0 Å². The van der Waals surface area contributed by atoms with Crippen molar-refractivity contribution in [3.05, 3.63) is 48.2 Å². The normalized spacial score (nSPS) is 9.95. The highest BCUT2D eigenvalue weighted by atomic mass is 16.5. The smallest absolute Gasteiger partial charge is 0.327 e. The predicted molar refractivity (Wildman–Crippen MR) is 79.4 cm³/mol. The third-order valence-electron chi connectivity index (χ3n) is 2.89. The molecule has 5 heteroatoms. The molecule has 0 aliphatic carbocycles. The first-order valence-corrected chi connectivity index (χ1v) is 6.21. The average Bonchev–Trinajstić information content (AvgIpc) is 2.48. The van der Waals surface area contributed by atoms with Crippen molar-refractivity contribution >= 4 is 17.5 Å². The lowest BCUT2D eigenvalue weighted by Gasteiger charge is -2.17. The van der Waals surface area contributed by atoms with Crippen LogP contribution in [0.15, 0.2) is 42.6 Å². The number of ether oxygens (including phenoxy) is 1. The maximum Gasteiger partial charge on any atom is 0.327 e. The Morgan fingerprint density at radius 3 is 2.45 bits per heavy atom. The summed E-state index contributed by atoms with van der Waals surface area (Å²) in [5.74, 6) is 1.35. The molecule has 0 fully saturated rings. The van der Waals surface area contributed by atoms with Gasteiger partial charge in [-0.25, -0.2) is 9.78 Å². The molecule has 0 saturated heterocycles. The van der Waals surface area contributed by atoms with Crippen molar-refractivity contribution < 1.29 is 9.53 Å². The quantitative estimate of drug-likeness (QED) is 0.933. The molecule has 0 aliphatic rings. The summed E-state index contributed by atoms with van der Waals surface area (Å²) < 4.78 is 5.07. The second kappa shape index (κ2) is 6.06. The fraction of sp³-hybridized carbons (Fsp3) is 0.200. The molecule has 0 unspecified atom stereocenters. The minimum Gasteiger partial charge on any atom is -0.497 e. The summed E-state index contributed by atoms with van der Waals surface area (Å²) in [7, 11) is 3.28. The Balaban J connectivity index is 2.05. The second-order valence-corrected chi connectivity index (χ2v) is 4.41. The third-order valence-corrected chi connectivity index (χ3v) is 2.89. The van der Waals surface area contributed by atoms with E-state index in [1.807, 2.05) is 19.1 Å². The van der Waals surface area contributed by atoms with Crippen molar-refractivity contribution in [3.8, 4) is 5.75 Å². The van der Waals surface area contributed by atoms with E-state index < -0.39 is 0 Å². The number of methoxy groups -OCH3 is 1. The highest BCUT2D eigenvalue weighted by Crippen LogP contribution is 2.16. The number of carbonyl (C=O) groups excluding carboxylic acids is 1. The van der Waals surface area contributed by atoms with Crippen molar-refractivity contribution in [2.75, 3.05) is 24.4 Å². The number of nitrogens with one attached hydrogen (secondary N) is 1. The molecule has 0 bridgehead atoms. The molecule has 104 valence electrons. The van der Waals surface area contributed by atoms with Crippen LogP contribution in [0.5, 0.6) is 5.75 Å². The molecule has 1 heterocycles. The number of aryl methyl sites for hydroxylation is 1. The SMILES string of the molecule is COc1ccc(NC(=O)N(C)c2ccc(C)cn2)cc1. The van der Waals surface area contributed by atoms with Gasteiger partial charge >= 0.3 is 6.03 Å². The van der Waals surface area contributed by atoms with Gasteiger partial charge in [-0.05, 0) is 42.8 Å². The van der Waals surface area contributed by atoms with Gasteiger partial charge in [-0.3, -0.25) is 4.90 Å². The molecule has 0 aliphatic heterocycles. The number of urea groups is 1. The first kappa shape index (κ1) is 13.9. The Hall–Kier alpha value is -2.56. The van der Waals surface area contributed by atoms with Crippen molar-refractivity contribution in [1.29, 1.82) is 0 Å². The monoisotopic (exact) mass is 271 g/mol. The molecule has 20 heavy (non-hydrogen) atoms. The molecule has 5 nitrogen and oxygen atoms in total. The van der Waals surface area contributed by atoms with E-state index in [2.05, 4.69) is 10.3 Å². The van der Waals surface area contributed by atoms with Gasteiger partial charge in [0.2, 0.25) is 0 Å². The topological polar surface area (TPSA) is 54.5 Å². The summed E-state index contributed by atoms with van der Waals surface area (Å²) in [6.45, 7) is 1.95. The first-order valence-electron chi connectivity index (χ1n) is 6.21. The van der Waals surface area contributed by atoms with E-state index in [0.717, 1.165) is 11.3 Å². The fourth-order valence-corrected chi connectivity index (χ4v) is 1.64. The minimum atomic E-state index is -0.244. The molecule has 2 aromatic rings. The lowest BCUT2D eigenvalue weighted by molar-refractivity contribution is 0.258. The molecular weight excluding hydrogens is 254 g/mol. The highest BCUT2D eigenvalue weighted by Gasteiger charge is 2.11. The van der Waals surface area contributed by atoms with Gasteiger partial charge < -0.3 is 10.1 Å². The molecule has 0 atom stereocenters. The van der Waals surface area contributed by atoms with Crippen molar-refractivity contribution in [1.82, 2.24) is 4.98 Å². The van der Waals surface area contributed by atoms with Gasteiger partial charge in [0.25, 0.3) is 0 Å². The van der Waals surface area contributed by atoms with Crippen molar-refractivity contribution in [3.63, 3.8) is 0 Å². The molecule has 1 aromatic carbocycles. The van der Waals surface area contributed by atoms with E-state index in [-0.39, 0.29) is 6.03 Å². The third kappa shape index (κ3) is 3.26. The van der Waals surface area contributed by atoms with Crippen LogP contribution < -0.4 is 15.0 Å². The van der Waals surface area contributed by atoms with E-state index in [1.54, 1.807) is 44.6 Å². The Morgan fingerprint density at radius 2 is 1.90 bits per heavy atom. The van der Waals surface area contributed by atoms with E-state index in [1.165, 1.54) is 4.90 Å². The fourth-order valence-electron chi connectivity index (χ4n) is 1.64. The Labute approximate surface area is 118 Å². The van der Waals surface area contributed by atoms with E-state index in [0.29, 0.717) is 11.5 Å². The van der Waals surface area contributed by atoms with Gasteiger partial charge in [0.15, 0.2) is 0 Å². The summed E-state index contributed by atoms with van der Waals surface area (Å²) >= 11 is 0. The zero-order valence-corrected chi connectivity index (χ0v) is 11.8. The zero-order chi connectivity index (χ0) is 14.5. The number of nitrogens with zero attached hydrogens (tertiary/aromatic N) is 2. The lowest BCUT2D eigenvalue weighted by atomic mass is 10.3. The van der Waals surface area contributed by atoms with Gasteiger partial charge in [0, 0.05) is 18.9 Å². The summed E-state index contributed by atoms with van der Waals surface area (Å²) in [6, 6.07) is 10.6. The van der Waals surface area contributed by atoms with E-state index in [9.17, 15) is 4.79 Å². The lowest BCUT2D eigenvalue weighted by Crippen LogP contribution is -2.31. The van der Waals surface area contributed by atoms with Crippen LogP contribution in [0.1, 0.15) is 5.56 Å². The Kier molecular flexibility index (Phi) is 4.20. The van der Waals surface area contributed by atoms with Crippen LogP contribution in [0.25, 0.3) is 0 Å². The van der Waals surface area contributed by atoms with Gasteiger partial charge in [-0.15, -0.1) is 0 Å². The van der Waals surface area contributed by atoms with Crippen molar-refractivity contribution in [2.24, 2.45) is 0 Å². The molecular formula is C15H17N3O2. The number of aromatic nitrogens is 1. The molecule has 1 N–H and O–H groups in total. The summed E-state index contributed by atoms with van der Waals surface area (Å²) in [6.07, 6.45) is 1.73. The van der Waals surface area contributed by atoms with Crippen LogP contribution in [0.3, 0.4) is 0 Å². The minimum absolute atomic E-state index is 0.244. The van der Waals surface area contributed by atoms with Crippen LogP contribution in [0.2, 0.25) is 0 Å². The molecule has 1 aromatic heterocycles. The molecule has 2 rings (SSSR count). The van der Waals surface area contributed by atoms with E-state index in [4.69, 9.17) is 4.74 Å². The second-order valence-electron chi connectivity index (χ2n) is 4.41. The number of anilines is 2. The first-order chi connectivity index (χ1) is 9.60. The van der Waals surface area contributed by atoms with Crippen LogP contribution in [-0.2, 0) is 0 Å². The number of amides is 2. The van der Waals surface area contributed by atoms with Crippen LogP contribution in [0, 0.1) is 6.92 Å². The van der Waals surface area contributed by atoms with Gasteiger partial charge in [0.05, 0.1) is 7.11 Å². The average molecular weight is 271 g/mol. The molecule has 0 spiro atoms. The maximum absolute atomic E-state index is 12.1. The maximum atomic E-state index is 12.1. The zero-order valence-electron chi connectivity index (χ0n) is 11.8. The molecule has 2 amide bonds. The Morgan fingerprint density at radius 1 is 1.20 bits per heavy atom. The largest absolute Gasteiger partial charge is 0.497 e. The molecule has 0 saturated carbocycles. The summed E-state index contributed by atoms with van der Waals surface area (Å²) in [5.41, 5.74) is 1.76. The number of hydrogen-bond acceptors (Lipinski definition) is 3. The number of rotatable bonds is 3. The van der Waals surface area contributed by atoms with Crippen LogP contribution in [-0.4, -0.2) is 25.2 Å². The van der Waals surface area contributed by atoms with Gasteiger partial charge in [-0.1, -0.05) is 6.07 Å². The Bertz CT molecular complexity index is 579. The highest BCUT2D eigenvalue weighted by molar-refractivity contribution is 6.00. The number of pyridine rings is 1. The van der Waals surface area contributed by atoms with E-state index >= 15 is 0 Å². The summed E-state index contributed by atoms with van der Waals surface area (Å²) in [4.78, 5) is 17.8. The number of carbonyl (C=O) groups is 1.